The summed E-state index contributed by atoms with van der Waals surface area (Å²) in [4.78, 5) is 12.6. The zero-order valence-electron chi connectivity index (χ0n) is 15.9. The number of hydrogen-bond acceptors (Lipinski definition) is 3. The van der Waals surface area contributed by atoms with Crippen molar-refractivity contribution in [3.8, 4) is 0 Å². The van der Waals surface area contributed by atoms with Crippen LogP contribution < -0.4 is 5.32 Å². The lowest BCUT2D eigenvalue weighted by Crippen LogP contribution is -2.24. The fraction of sp³-hybridized carbons (Fsp3) is 0.435. The van der Waals surface area contributed by atoms with Crippen LogP contribution in [0.15, 0.2) is 48.5 Å². The number of benzene rings is 2. The second-order valence-electron chi connectivity index (χ2n) is 7.66. The van der Waals surface area contributed by atoms with Gasteiger partial charge in [-0.3, -0.25) is 4.79 Å². The Morgan fingerprint density at radius 3 is 2.89 bits per heavy atom. The fourth-order valence-electron chi connectivity index (χ4n) is 3.83. The normalized spacial score (nSPS) is 24.0. The highest BCUT2D eigenvalue weighted by atomic mass is 35.5. The highest BCUT2D eigenvalue weighted by molar-refractivity contribution is 6.31. The van der Waals surface area contributed by atoms with E-state index >= 15 is 0 Å². The quantitative estimate of drug-likeness (QED) is 0.698. The van der Waals surface area contributed by atoms with Crippen LogP contribution in [0.4, 0.5) is 5.69 Å². The summed E-state index contributed by atoms with van der Waals surface area (Å²) in [6.45, 7) is 1.99. The first kappa shape index (κ1) is 19.4. The van der Waals surface area contributed by atoms with Gasteiger partial charge in [0.2, 0.25) is 5.91 Å². The Morgan fingerprint density at radius 2 is 2.07 bits per heavy atom. The molecule has 1 aliphatic carbocycles. The molecule has 1 aliphatic heterocycles. The molecular weight excluding hydrogens is 374 g/mol. The summed E-state index contributed by atoms with van der Waals surface area (Å²) in [7, 11) is 0. The molecule has 148 valence electrons. The van der Waals surface area contributed by atoms with Gasteiger partial charge in [-0.1, -0.05) is 41.9 Å². The van der Waals surface area contributed by atoms with Gasteiger partial charge in [-0.15, -0.1) is 0 Å². The van der Waals surface area contributed by atoms with E-state index < -0.39 is 0 Å². The Bertz CT molecular complexity index is 819. The van der Waals surface area contributed by atoms with E-state index in [9.17, 15) is 4.79 Å². The standard InChI is InChI=1S/C23H26ClNO3/c24-22-10-2-1-9-19(22)20-13-21(20)23(26)25-17-7-5-6-16(12-17)14-27-15-18-8-3-4-11-28-18/h1-2,5-7,9-10,12,18,20-21H,3-4,8,11,13-15H2,(H,25,26). The Labute approximate surface area is 171 Å². The Morgan fingerprint density at radius 1 is 1.18 bits per heavy atom. The molecule has 0 spiro atoms. The van der Waals surface area contributed by atoms with Crippen LogP contribution in [0.2, 0.25) is 5.02 Å². The molecule has 2 aromatic carbocycles. The third-order valence-corrected chi connectivity index (χ3v) is 5.82. The molecule has 0 aromatic heterocycles. The minimum Gasteiger partial charge on any atom is -0.376 e. The van der Waals surface area contributed by atoms with Gasteiger partial charge in [-0.05, 0) is 60.9 Å². The van der Waals surface area contributed by atoms with Crippen molar-refractivity contribution in [1.29, 1.82) is 0 Å². The predicted molar refractivity (Wildman–Crippen MR) is 111 cm³/mol. The summed E-state index contributed by atoms with van der Waals surface area (Å²) in [6, 6.07) is 15.6. The number of ether oxygens (including phenoxy) is 2. The number of halogens is 1. The van der Waals surface area contributed by atoms with Crippen LogP contribution >= 0.6 is 11.6 Å². The van der Waals surface area contributed by atoms with E-state index in [1.54, 1.807) is 0 Å². The zero-order chi connectivity index (χ0) is 19.3. The maximum absolute atomic E-state index is 12.6. The highest BCUT2D eigenvalue weighted by Crippen LogP contribution is 2.50. The highest BCUT2D eigenvalue weighted by Gasteiger charge is 2.44. The van der Waals surface area contributed by atoms with Crippen molar-refractivity contribution in [3.05, 3.63) is 64.7 Å². The van der Waals surface area contributed by atoms with Gasteiger partial charge in [-0.2, -0.15) is 0 Å². The van der Waals surface area contributed by atoms with Crippen molar-refractivity contribution in [2.45, 2.75) is 44.3 Å². The van der Waals surface area contributed by atoms with Crippen molar-refractivity contribution < 1.29 is 14.3 Å². The lowest BCUT2D eigenvalue weighted by Gasteiger charge is -2.22. The van der Waals surface area contributed by atoms with Crippen molar-refractivity contribution in [2.75, 3.05) is 18.5 Å². The largest absolute Gasteiger partial charge is 0.376 e. The predicted octanol–water partition coefficient (Wildman–Crippen LogP) is 5.17. The number of rotatable bonds is 7. The van der Waals surface area contributed by atoms with E-state index in [0.717, 1.165) is 47.7 Å². The minimum absolute atomic E-state index is 0.0109. The van der Waals surface area contributed by atoms with Gasteiger partial charge in [0.1, 0.15) is 0 Å². The summed E-state index contributed by atoms with van der Waals surface area (Å²) >= 11 is 6.26. The molecule has 5 heteroatoms. The molecule has 4 nitrogen and oxygen atoms in total. The first-order chi connectivity index (χ1) is 13.7. The second kappa shape index (κ2) is 9.08. The molecule has 2 fully saturated rings. The number of hydrogen-bond donors (Lipinski definition) is 1. The average Bonchev–Trinajstić information content (AvgIpc) is 3.50. The van der Waals surface area contributed by atoms with Crippen molar-refractivity contribution >= 4 is 23.2 Å². The monoisotopic (exact) mass is 399 g/mol. The maximum Gasteiger partial charge on any atom is 0.228 e. The molecule has 4 rings (SSSR count). The topological polar surface area (TPSA) is 47.6 Å². The Kier molecular flexibility index (Phi) is 6.30. The van der Waals surface area contributed by atoms with E-state index in [0.29, 0.717) is 13.2 Å². The lowest BCUT2D eigenvalue weighted by atomic mass is 10.1. The first-order valence-electron chi connectivity index (χ1n) is 10.0. The summed E-state index contributed by atoms with van der Waals surface area (Å²) in [6.07, 6.45) is 4.50. The minimum atomic E-state index is -0.0109. The van der Waals surface area contributed by atoms with Crippen LogP contribution in [-0.2, 0) is 20.9 Å². The number of anilines is 1. The molecule has 2 aromatic rings. The Hall–Kier alpha value is -1.88. The molecule has 2 aliphatic rings. The molecule has 1 heterocycles. The summed E-state index contributed by atoms with van der Waals surface area (Å²) in [5, 5.41) is 3.78. The molecule has 0 bridgehead atoms. The van der Waals surface area contributed by atoms with E-state index in [2.05, 4.69) is 5.32 Å². The van der Waals surface area contributed by atoms with Crippen LogP contribution in [0.25, 0.3) is 0 Å². The molecule has 28 heavy (non-hydrogen) atoms. The summed E-state index contributed by atoms with van der Waals surface area (Å²) < 4.78 is 11.5. The van der Waals surface area contributed by atoms with E-state index in [-0.39, 0.29) is 23.8 Å². The van der Waals surface area contributed by atoms with Crippen molar-refractivity contribution in [1.82, 2.24) is 0 Å². The van der Waals surface area contributed by atoms with E-state index in [1.165, 1.54) is 6.42 Å². The molecule has 1 saturated heterocycles. The van der Waals surface area contributed by atoms with Crippen LogP contribution in [-0.4, -0.2) is 25.2 Å². The molecule has 1 amide bonds. The molecule has 0 radical (unpaired) electrons. The van der Waals surface area contributed by atoms with Crippen LogP contribution in [0.3, 0.4) is 0 Å². The van der Waals surface area contributed by atoms with Crippen LogP contribution in [0, 0.1) is 5.92 Å². The summed E-state index contributed by atoms with van der Waals surface area (Å²) in [5.74, 6) is 0.262. The van der Waals surface area contributed by atoms with Crippen molar-refractivity contribution in [3.63, 3.8) is 0 Å². The van der Waals surface area contributed by atoms with Crippen LogP contribution in [0.5, 0.6) is 0 Å². The molecule has 3 atom stereocenters. The van der Waals surface area contributed by atoms with Gasteiger partial charge >= 0.3 is 0 Å². The van der Waals surface area contributed by atoms with Gasteiger partial charge in [0.25, 0.3) is 0 Å². The smallest absolute Gasteiger partial charge is 0.228 e. The molecule has 1 saturated carbocycles. The first-order valence-corrected chi connectivity index (χ1v) is 10.4. The lowest BCUT2D eigenvalue weighted by molar-refractivity contribution is -0.117. The molecule has 3 unspecified atom stereocenters. The van der Waals surface area contributed by atoms with Gasteiger partial charge in [-0.25, -0.2) is 0 Å². The zero-order valence-corrected chi connectivity index (χ0v) is 16.7. The van der Waals surface area contributed by atoms with Crippen LogP contribution in [0.1, 0.15) is 42.7 Å². The average molecular weight is 400 g/mol. The molecular formula is C23H26ClNO3. The number of nitrogens with one attached hydrogen (secondary N) is 1. The molecule has 1 N–H and O–H groups in total. The third-order valence-electron chi connectivity index (χ3n) is 5.47. The number of carbonyl (C=O) groups excluding carboxylic acids is 1. The SMILES string of the molecule is O=C(Nc1cccc(COCC2CCCCO2)c1)C1CC1c1ccccc1Cl. The van der Waals surface area contributed by atoms with Gasteiger partial charge in [0, 0.05) is 23.2 Å². The van der Waals surface area contributed by atoms with E-state index in [4.69, 9.17) is 21.1 Å². The summed E-state index contributed by atoms with van der Waals surface area (Å²) in [5.41, 5.74) is 2.92. The van der Waals surface area contributed by atoms with Crippen molar-refractivity contribution in [2.24, 2.45) is 5.92 Å². The van der Waals surface area contributed by atoms with Gasteiger partial charge in [0.05, 0.1) is 19.3 Å². The fourth-order valence-corrected chi connectivity index (χ4v) is 4.10. The maximum atomic E-state index is 12.6. The van der Waals surface area contributed by atoms with Gasteiger partial charge in [0.15, 0.2) is 0 Å². The third kappa shape index (κ3) is 4.93. The Balaban J connectivity index is 1.27. The van der Waals surface area contributed by atoms with Gasteiger partial charge < -0.3 is 14.8 Å². The number of amides is 1. The number of carbonyl (C=O) groups is 1. The van der Waals surface area contributed by atoms with E-state index in [1.807, 2.05) is 48.5 Å². The second-order valence-corrected chi connectivity index (χ2v) is 8.07.